The van der Waals surface area contributed by atoms with Crippen molar-refractivity contribution in [2.75, 3.05) is 26.6 Å². The van der Waals surface area contributed by atoms with E-state index in [9.17, 15) is 14.9 Å². The Labute approximate surface area is 196 Å². The van der Waals surface area contributed by atoms with E-state index in [-0.39, 0.29) is 11.2 Å². The quantitative estimate of drug-likeness (QED) is 0.138. The second-order valence-corrected chi connectivity index (χ2v) is 8.32. The van der Waals surface area contributed by atoms with Crippen molar-refractivity contribution in [2.45, 2.75) is 11.6 Å². The first-order valence-electron chi connectivity index (χ1n) is 9.41. The second-order valence-electron chi connectivity index (χ2n) is 6.45. The van der Waals surface area contributed by atoms with Crippen LogP contribution in [-0.2, 0) is 6.42 Å². The maximum atomic E-state index is 12.3. The number of ether oxygens (including phenoxy) is 3. The lowest BCUT2D eigenvalue weighted by molar-refractivity contribution is -0.384. The fourth-order valence-electron chi connectivity index (χ4n) is 2.81. The zero-order valence-corrected chi connectivity index (χ0v) is 19.7. The van der Waals surface area contributed by atoms with Crippen LogP contribution in [0.25, 0.3) is 0 Å². The van der Waals surface area contributed by atoms with Gasteiger partial charge in [0, 0.05) is 24.3 Å². The molecule has 1 aromatic heterocycles. The number of hydrogen-bond donors (Lipinski definition) is 1. The predicted octanol–water partition coefficient (Wildman–Crippen LogP) is 4.22. The summed E-state index contributed by atoms with van der Waals surface area (Å²) in [7, 11) is 3.14. The van der Waals surface area contributed by atoms with Crippen molar-refractivity contribution in [1.82, 2.24) is 9.97 Å². The minimum Gasteiger partial charge on any atom is -0.493 e. The molecule has 0 aliphatic rings. The van der Waals surface area contributed by atoms with Crippen LogP contribution in [-0.4, -0.2) is 41.5 Å². The summed E-state index contributed by atoms with van der Waals surface area (Å²) in [4.78, 5) is 29.9. The number of nitrogens with zero attached hydrogens (tertiary/aromatic N) is 2. The highest BCUT2D eigenvalue weighted by Gasteiger charge is 2.12. The van der Waals surface area contributed by atoms with Gasteiger partial charge in [0.2, 0.25) is 0 Å². The van der Waals surface area contributed by atoms with Crippen LogP contribution in [0.4, 0.5) is 5.69 Å². The molecule has 3 rings (SSSR count). The van der Waals surface area contributed by atoms with Gasteiger partial charge in [-0.15, -0.1) is 0 Å². The van der Waals surface area contributed by atoms with E-state index in [1.807, 2.05) is 12.1 Å². The number of halogens is 1. The molecule has 0 unspecified atom stereocenters. The van der Waals surface area contributed by atoms with Crippen molar-refractivity contribution in [1.29, 1.82) is 0 Å². The molecule has 0 aliphatic heterocycles. The molecule has 0 spiro atoms. The molecule has 0 fully saturated rings. The Morgan fingerprint density at radius 3 is 2.50 bits per heavy atom. The number of non-ortho nitro benzene ring substituents is 1. The molecule has 168 valence electrons. The molecular weight excluding hydrogens is 502 g/mol. The number of rotatable bonds is 10. The largest absolute Gasteiger partial charge is 0.493 e. The molecule has 0 saturated carbocycles. The summed E-state index contributed by atoms with van der Waals surface area (Å²) >= 11 is 4.66. The summed E-state index contributed by atoms with van der Waals surface area (Å²) in [5, 5.41) is 11.2. The number of H-pyrrole nitrogens is 1. The average molecular weight is 522 g/mol. The SMILES string of the molecule is COc1ccc(Cc2nc(SCCOc3ccc([N+](=O)[O-])cc3)[nH]c(=O)c2Br)cc1OC. The predicted molar refractivity (Wildman–Crippen MR) is 124 cm³/mol. The highest BCUT2D eigenvalue weighted by Crippen LogP contribution is 2.29. The van der Waals surface area contributed by atoms with E-state index in [1.54, 1.807) is 32.4 Å². The Balaban J connectivity index is 1.63. The Hall–Kier alpha value is -3.05. The van der Waals surface area contributed by atoms with Gasteiger partial charge >= 0.3 is 0 Å². The Morgan fingerprint density at radius 1 is 1.12 bits per heavy atom. The van der Waals surface area contributed by atoms with Crippen LogP contribution < -0.4 is 19.8 Å². The van der Waals surface area contributed by atoms with Gasteiger partial charge in [-0.2, -0.15) is 0 Å². The highest BCUT2D eigenvalue weighted by atomic mass is 79.9. The van der Waals surface area contributed by atoms with E-state index in [0.29, 0.717) is 51.4 Å². The van der Waals surface area contributed by atoms with Gasteiger partial charge in [-0.25, -0.2) is 4.98 Å². The van der Waals surface area contributed by atoms with Gasteiger partial charge in [0.05, 0.1) is 31.4 Å². The number of hydrogen-bond acceptors (Lipinski definition) is 8. The molecule has 11 heteroatoms. The number of thioether (sulfide) groups is 1. The van der Waals surface area contributed by atoms with Crippen LogP contribution in [0.2, 0.25) is 0 Å². The van der Waals surface area contributed by atoms with Gasteiger partial charge in [0.1, 0.15) is 10.2 Å². The minimum atomic E-state index is -0.464. The first-order chi connectivity index (χ1) is 15.4. The third kappa shape index (κ3) is 6.01. The smallest absolute Gasteiger partial charge is 0.269 e. The first-order valence-corrected chi connectivity index (χ1v) is 11.2. The molecule has 0 bridgehead atoms. The molecule has 9 nitrogen and oxygen atoms in total. The molecule has 0 aliphatic carbocycles. The summed E-state index contributed by atoms with van der Waals surface area (Å²) in [6.45, 7) is 0.341. The van der Waals surface area contributed by atoms with Crippen LogP contribution in [0.5, 0.6) is 17.2 Å². The van der Waals surface area contributed by atoms with Gasteiger partial charge in [-0.1, -0.05) is 17.8 Å². The molecule has 2 aromatic carbocycles. The van der Waals surface area contributed by atoms with Gasteiger partial charge < -0.3 is 19.2 Å². The molecule has 1 heterocycles. The van der Waals surface area contributed by atoms with Crippen molar-refractivity contribution < 1.29 is 19.1 Å². The van der Waals surface area contributed by atoms with Crippen LogP contribution in [0, 0.1) is 10.1 Å². The third-order valence-electron chi connectivity index (χ3n) is 4.37. The van der Waals surface area contributed by atoms with E-state index in [1.165, 1.54) is 23.9 Å². The number of aromatic amines is 1. The summed E-state index contributed by atoms with van der Waals surface area (Å²) in [6.07, 6.45) is 0.428. The van der Waals surface area contributed by atoms with Crippen LogP contribution >= 0.6 is 27.7 Å². The van der Waals surface area contributed by atoms with E-state index in [2.05, 4.69) is 25.9 Å². The van der Waals surface area contributed by atoms with Gasteiger partial charge in [0.15, 0.2) is 16.7 Å². The fraction of sp³-hybridized carbons (Fsp3) is 0.238. The van der Waals surface area contributed by atoms with Gasteiger partial charge in [0.25, 0.3) is 11.2 Å². The number of nitrogens with one attached hydrogen (secondary N) is 1. The normalized spacial score (nSPS) is 10.6. The topological polar surface area (TPSA) is 117 Å². The van der Waals surface area contributed by atoms with E-state index in [0.717, 1.165) is 5.56 Å². The number of nitro groups is 1. The average Bonchev–Trinajstić information content (AvgIpc) is 2.80. The number of aromatic nitrogens is 2. The summed E-state index contributed by atoms with van der Waals surface area (Å²) in [5.41, 5.74) is 1.25. The van der Waals surface area contributed by atoms with Crippen molar-refractivity contribution in [3.05, 3.63) is 78.7 Å². The second kappa shape index (κ2) is 11.0. The number of benzene rings is 2. The molecule has 0 amide bonds. The summed E-state index contributed by atoms with van der Waals surface area (Å²) in [5.74, 6) is 2.28. The van der Waals surface area contributed by atoms with E-state index >= 15 is 0 Å². The summed E-state index contributed by atoms with van der Waals surface area (Å²) in [6, 6.07) is 11.4. The van der Waals surface area contributed by atoms with Gasteiger partial charge in [-0.3, -0.25) is 14.9 Å². The van der Waals surface area contributed by atoms with Crippen LogP contribution in [0.1, 0.15) is 11.3 Å². The van der Waals surface area contributed by atoms with Crippen LogP contribution in [0.3, 0.4) is 0 Å². The minimum absolute atomic E-state index is 0.00497. The molecule has 32 heavy (non-hydrogen) atoms. The van der Waals surface area contributed by atoms with Crippen molar-refractivity contribution in [3.8, 4) is 17.2 Å². The molecule has 0 radical (unpaired) electrons. The third-order valence-corrected chi connectivity index (χ3v) is 6.02. The zero-order valence-electron chi connectivity index (χ0n) is 17.3. The maximum Gasteiger partial charge on any atom is 0.269 e. The van der Waals surface area contributed by atoms with E-state index < -0.39 is 4.92 Å². The van der Waals surface area contributed by atoms with Crippen molar-refractivity contribution in [2.24, 2.45) is 0 Å². The molecule has 1 N–H and O–H groups in total. The molecule has 3 aromatic rings. The Bertz CT molecular complexity index is 1150. The molecular formula is C21H20BrN3O6S. The van der Waals surface area contributed by atoms with E-state index in [4.69, 9.17) is 14.2 Å². The number of methoxy groups -OCH3 is 2. The Kier molecular flexibility index (Phi) is 8.12. The molecule has 0 atom stereocenters. The lowest BCUT2D eigenvalue weighted by Crippen LogP contribution is -2.14. The number of nitro benzene ring substituents is 1. The monoisotopic (exact) mass is 521 g/mol. The highest BCUT2D eigenvalue weighted by molar-refractivity contribution is 9.10. The maximum absolute atomic E-state index is 12.3. The lowest BCUT2D eigenvalue weighted by atomic mass is 10.1. The summed E-state index contributed by atoms with van der Waals surface area (Å²) < 4.78 is 16.6. The first kappa shape index (κ1) is 23.6. The lowest BCUT2D eigenvalue weighted by Gasteiger charge is -2.11. The Morgan fingerprint density at radius 2 is 1.84 bits per heavy atom. The van der Waals surface area contributed by atoms with Crippen LogP contribution in [0.15, 0.2) is 56.9 Å². The zero-order chi connectivity index (χ0) is 23.1. The van der Waals surface area contributed by atoms with Crippen molar-refractivity contribution >= 4 is 33.4 Å². The standard InChI is InChI=1S/C21H20BrN3O6S/c1-29-17-8-3-13(12-18(17)30-2)11-16-19(22)20(26)24-21(23-16)32-10-9-31-15-6-4-14(5-7-15)25(27)28/h3-8,12H,9-11H2,1-2H3,(H,23,24,26). The molecule has 0 saturated heterocycles. The fourth-order valence-corrected chi connectivity index (χ4v) is 3.84. The van der Waals surface area contributed by atoms with Gasteiger partial charge in [-0.05, 0) is 45.8 Å². The van der Waals surface area contributed by atoms with Crippen molar-refractivity contribution in [3.63, 3.8) is 0 Å².